The zero-order chi connectivity index (χ0) is 15.6. The molecule has 0 aliphatic rings. The summed E-state index contributed by atoms with van der Waals surface area (Å²) in [6, 6.07) is 7.00. The molecule has 4 N–H and O–H groups in total. The Labute approximate surface area is 133 Å². The molecule has 1 aromatic carbocycles. The van der Waals surface area contributed by atoms with E-state index in [1.54, 1.807) is 18.2 Å². The Hall–Kier alpha value is -1.56. The number of aromatic nitrogens is 2. The molecule has 0 aliphatic heterocycles. The summed E-state index contributed by atoms with van der Waals surface area (Å²) in [6.45, 7) is 6.10. The molecule has 0 saturated carbocycles. The van der Waals surface area contributed by atoms with Crippen LogP contribution in [0.1, 0.15) is 26.6 Å². The van der Waals surface area contributed by atoms with Crippen molar-refractivity contribution in [2.45, 2.75) is 26.2 Å². The number of halogens is 2. The Bertz CT molecular complexity index is 652. The van der Waals surface area contributed by atoms with E-state index in [0.29, 0.717) is 27.5 Å². The lowest BCUT2D eigenvalue weighted by Crippen LogP contribution is -2.19. The van der Waals surface area contributed by atoms with Gasteiger partial charge < -0.3 is 10.7 Å². The van der Waals surface area contributed by atoms with E-state index >= 15 is 0 Å². The second-order valence-electron chi connectivity index (χ2n) is 5.61. The van der Waals surface area contributed by atoms with Gasteiger partial charge in [-0.15, -0.1) is 0 Å². The molecule has 0 unspecified atom stereocenters. The Balaban J connectivity index is 2.36. The SMILES string of the molecule is CC(C)(C)c1nc(NN)cc(Nc2ccc(Cl)c(Cl)c2)n1. The zero-order valence-electron chi connectivity index (χ0n) is 12.0. The number of nitrogens with one attached hydrogen (secondary N) is 2. The Morgan fingerprint density at radius 2 is 1.67 bits per heavy atom. The minimum atomic E-state index is -0.194. The molecule has 0 fully saturated rings. The molecule has 2 aromatic rings. The molecule has 0 saturated heterocycles. The number of nitrogen functional groups attached to an aromatic ring is 1. The first-order valence-electron chi connectivity index (χ1n) is 6.38. The maximum Gasteiger partial charge on any atom is 0.145 e. The van der Waals surface area contributed by atoms with Crippen LogP contribution in [0.2, 0.25) is 10.0 Å². The lowest BCUT2D eigenvalue weighted by atomic mass is 9.96. The number of hydrogen-bond donors (Lipinski definition) is 3. The van der Waals surface area contributed by atoms with Gasteiger partial charge in [0.05, 0.1) is 10.0 Å². The predicted octanol–water partition coefficient (Wildman–Crippen LogP) is 4.11. The number of nitrogens with zero attached hydrogens (tertiary/aromatic N) is 2. The molecule has 0 aliphatic carbocycles. The quantitative estimate of drug-likeness (QED) is 0.584. The molecular weight excluding hydrogens is 309 g/mol. The lowest BCUT2D eigenvalue weighted by molar-refractivity contribution is 0.547. The number of hydrazine groups is 1. The third kappa shape index (κ3) is 3.97. The summed E-state index contributed by atoms with van der Waals surface area (Å²) in [4.78, 5) is 8.87. The standard InChI is InChI=1S/C14H17Cl2N5/c1-14(2,3)13-19-11(7-12(20-13)21-17)18-8-4-5-9(15)10(16)6-8/h4-7H,17H2,1-3H3,(H2,18,19,20,21). The fourth-order valence-electron chi connectivity index (χ4n) is 1.64. The van der Waals surface area contributed by atoms with Crippen molar-refractivity contribution in [1.29, 1.82) is 0 Å². The first-order valence-corrected chi connectivity index (χ1v) is 7.13. The van der Waals surface area contributed by atoms with Crippen LogP contribution in [0.3, 0.4) is 0 Å². The summed E-state index contributed by atoms with van der Waals surface area (Å²) in [7, 11) is 0. The van der Waals surface area contributed by atoms with Crippen LogP contribution in [0.5, 0.6) is 0 Å². The van der Waals surface area contributed by atoms with Crippen LogP contribution < -0.4 is 16.6 Å². The van der Waals surface area contributed by atoms with Gasteiger partial charge in [-0.2, -0.15) is 0 Å². The summed E-state index contributed by atoms with van der Waals surface area (Å²) in [6.07, 6.45) is 0. The lowest BCUT2D eigenvalue weighted by Gasteiger charge is -2.18. The van der Waals surface area contributed by atoms with Crippen molar-refractivity contribution in [3.05, 3.63) is 40.1 Å². The van der Waals surface area contributed by atoms with Gasteiger partial charge in [-0.3, -0.25) is 0 Å². The van der Waals surface area contributed by atoms with E-state index in [2.05, 4.69) is 20.7 Å². The Morgan fingerprint density at radius 1 is 1.00 bits per heavy atom. The highest BCUT2D eigenvalue weighted by atomic mass is 35.5. The van der Waals surface area contributed by atoms with Crippen LogP contribution in [0, 0.1) is 0 Å². The van der Waals surface area contributed by atoms with Crippen LogP contribution in [-0.2, 0) is 5.41 Å². The normalized spacial score (nSPS) is 11.3. The van der Waals surface area contributed by atoms with Crippen LogP contribution in [-0.4, -0.2) is 9.97 Å². The third-order valence-corrected chi connectivity index (χ3v) is 3.48. The van der Waals surface area contributed by atoms with Crippen LogP contribution in [0.15, 0.2) is 24.3 Å². The Kier molecular flexibility index (Phi) is 4.56. The van der Waals surface area contributed by atoms with Gasteiger partial charge in [0.2, 0.25) is 0 Å². The maximum atomic E-state index is 6.01. The molecule has 0 atom stereocenters. The molecule has 0 spiro atoms. The van der Waals surface area contributed by atoms with Gasteiger partial charge in [-0.25, -0.2) is 15.8 Å². The van der Waals surface area contributed by atoms with E-state index in [4.69, 9.17) is 29.0 Å². The summed E-state index contributed by atoms with van der Waals surface area (Å²) in [5.74, 6) is 7.31. The van der Waals surface area contributed by atoms with Gasteiger partial charge >= 0.3 is 0 Å². The molecule has 2 rings (SSSR count). The number of nitrogens with two attached hydrogens (primary N) is 1. The topological polar surface area (TPSA) is 75.9 Å². The molecule has 1 aromatic heterocycles. The summed E-state index contributed by atoms with van der Waals surface area (Å²) >= 11 is 11.9. The number of anilines is 3. The zero-order valence-corrected chi connectivity index (χ0v) is 13.5. The van der Waals surface area contributed by atoms with Gasteiger partial charge in [0.15, 0.2) is 0 Å². The molecule has 1 heterocycles. The van der Waals surface area contributed by atoms with Gasteiger partial charge in [0.25, 0.3) is 0 Å². The minimum absolute atomic E-state index is 0.194. The van der Waals surface area contributed by atoms with Crippen molar-refractivity contribution in [3.8, 4) is 0 Å². The molecule has 0 bridgehead atoms. The van der Waals surface area contributed by atoms with E-state index in [1.165, 1.54) is 0 Å². The van der Waals surface area contributed by atoms with Gasteiger partial charge in [0.1, 0.15) is 17.5 Å². The van der Waals surface area contributed by atoms with Gasteiger partial charge in [0, 0.05) is 17.2 Å². The van der Waals surface area contributed by atoms with E-state index in [0.717, 1.165) is 5.69 Å². The van der Waals surface area contributed by atoms with Crippen LogP contribution >= 0.6 is 23.2 Å². The van der Waals surface area contributed by atoms with Gasteiger partial charge in [-0.05, 0) is 18.2 Å². The molecule has 21 heavy (non-hydrogen) atoms. The van der Waals surface area contributed by atoms with Crippen molar-refractivity contribution in [3.63, 3.8) is 0 Å². The summed E-state index contributed by atoms with van der Waals surface area (Å²) in [5, 5.41) is 4.15. The van der Waals surface area contributed by atoms with Crippen molar-refractivity contribution >= 4 is 40.5 Å². The fraction of sp³-hybridized carbons (Fsp3) is 0.286. The monoisotopic (exact) mass is 325 g/mol. The first-order chi connectivity index (χ1) is 9.79. The first kappa shape index (κ1) is 15.8. The van der Waals surface area contributed by atoms with Crippen LogP contribution in [0.25, 0.3) is 0 Å². The van der Waals surface area contributed by atoms with E-state index in [-0.39, 0.29) is 5.41 Å². The maximum absolute atomic E-state index is 6.01. The fourth-order valence-corrected chi connectivity index (χ4v) is 1.94. The number of hydrogen-bond acceptors (Lipinski definition) is 5. The summed E-state index contributed by atoms with van der Waals surface area (Å²) in [5.41, 5.74) is 3.14. The minimum Gasteiger partial charge on any atom is -0.340 e. The average Bonchev–Trinajstić information content (AvgIpc) is 2.41. The molecule has 112 valence electrons. The predicted molar refractivity (Wildman–Crippen MR) is 88.3 cm³/mol. The van der Waals surface area contributed by atoms with Crippen molar-refractivity contribution in [1.82, 2.24) is 9.97 Å². The molecule has 5 nitrogen and oxygen atoms in total. The second kappa shape index (κ2) is 6.05. The van der Waals surface area contributed by atoms with E-state index in [1.807, 2.05) is 26.8 Å². The second-order valence-corrected chi connectivity index (χ2v) is 6.42. The highest BCUT2D eigenvalue weighted by Gasteiger charge is 2.19. The van der Waals surface area contributed by atoms with Crippen molar-refractivity contribution in [2.75, 3.05) is 10.7 Å². The van der Waals surface area contributed by atoms with Crippen LogP contribution in [0.4, 0.5) is 17.3 Å². The number of benzene rings is 1. The van der Waals surface area contributed by atoms with Gasteiger partial charge in [-0.1, -0.05) is 44.0 Å². The Morgan fingerprint density at radius 3 is 2.24 bits per heavy atom. The van der Waals surface area contributed by atoms with E-state index < -0.39 is 0 Å². The summed E-state index contributed by atoms with van der Waals surface area (Å²) < 4.78 is 0. The van der Waals surface area contributed by atoms with Crippen molar-refractivity contribution in [2.24, 2.45) is 5.84 Å². The van der Waals surface area contributed by atoms with E-state index in [9.17, 15) is 0 Å². The molecule has 7 heteroatoms. The number of rotatable bonds is 3. The third-order valence-electron chi connectivity index (χ3n) is 2.74. The van der Waals surface area contributed by atoms with Crippen molar-refractivity contribution < 1.29 is 0 Å². The highest BCUT2D eigenvalue weighted by molar-refractivity contribution is 6.42. The smallest absolute Gasteiger partial charge is 0.145 e. The molecule has 0 amide bonds. The largest absolute Gasteiger partial charge is 0.340 e. The average molecular weight is 326 g/mol. The molecular formula is C14H17Cl2N5. The molecule has 0 radical (unpaired) electrons. The highest BCUT2D eigenvalue weighted by Crippen LogP contribution is 2.28.